The molecule has 2 N–H and O–H groups in total. The summed E-state index contributed by atoms with van der Waals surface area (Å²) in [5.74, 6) is -1.42. The van der Waals surface area contributed by atoms with E-state index in [1.807, 2.05) is 12.1 Å². The molecule has 0 aliphatic carbocycles. The number of amides is 2. The molecule has 0 radical (unpaired) electrons. The molecule has 6 nitrogen and oxygen atoms in total. The van der Waals surface area contributed by atoms with Crippen molar-refractivity contribution in [1.29, 1.82) is 0 Å². The molecule has 1 atom stereocenters. The third kappa shape index (κ3) is 4.81. The minimum absolute atomic E-state index is 0.0256. The molecule has 1 fully saturated rings. The lowest BCUT2D eigenvalue weighted by Crippen LogP contribution is -2.41. The van der Waals surface area contributed by atoms with E-state index in [1.54, 1.807) is 12.1 Å². The average molecular weight is 346 g/mol. The van der Waals surface area contributed by atoms with E-state index in [1.165, 1.54) is 4.90 Å². The fourth-order valence-electron chi connectivity index (χ4n) is 2.97. The SMILES string of the molecule is CC(C)(C)c1ccc(C(=O)NCCC(=O)N2CCCC2C(=O)O)cc1. The Balaban J connectivity index is 1.84. The van der Waals surface area contributed by atoms with Gasteiger partial charge in [0.05, 0.1) is 0 Å². The molecule has 0 saturated carbocycles. The van der Waals surface area contributed by atoms with Gasteiger partial charge in [-0.1, -0.05) is 32.9 Å². The summed E-state index contributed by atoms with van der Waals surface area (Å²) in [4.78, 5) is 36.8. The standard InChI is InChI=1S/C19H26N2O4/c1-19(2,3)14-8-6-13(7-9-14)17(23)20-11-10-16(22)21-12-4-5-15(21)18(24)25/h6-9,15H,4-5,10-12H2,1-3H3,(H,20,23)(H,24,25). The quantitative estimate of drug-likeness (QED) is 0.855. The number of hydrogen-bond donors (Lipinski definition) is 2. The van der Waals surface area contributed by atoms with Crippen LogP contribution in [0.2, 0.25) is 0 Å². The van der Waals surface area contributed by atoms with Crippen molar-refractivity contribution >= 4 is 17.8 Å². The highest BCUT2D eigenvalue weighted by molar-refractivity contribution is 5.94. The first-order chi connectivity index (χ1) is 11.7. The highest BCUT2D eigenvalue weighted by atomic mass is 16.4. The Bertz CT molecular complexity index is 646. The Labute approximate surface area is 148 Å². The number of hydrogen-bond acceptors (Lipinski definition) is 3. The monoisotopic (exact) mass is 346 g/mol. The molecule has 136 valence electrons. The van der Waals surface area contributed by atoms with Crippen molar-refractivity contribution in [3.63, 3.8) is 0 Å². The van der Waals surface area contributed by atoms with E-state index in [4.69, 9.17) is 5.11 Å². The minimum atomic E-state index is -0.964. The highest BCUT2D eigenvalue weighted by Gasteiger charge is 2.33. The predicted molar refractivity (Wildman–Crippen MR) is 94.5 cm³/mol. The summed E-state index contributed by atoms with van der Waals surface area (Å²) >= 11 is 0. The van der Waals surface area contributed by atoms with E-state index in [0.717, 1.165) is 5.56 Å². The molecule has 25 heavy (non-hydrogen) atoms. The first-order valence-electron chi connectivity index (χ1n) is 8.61. The number of carboxylic acid groups (broad SMARTS) is 1. The van der Waals surface area contributed by atoms with Gasteiger partial charge in [0.2, 0.25) is 5.91 Å². The van der Waals surface area contributed by atoms with Crippen molar-refractivity contribution in [2.75, 3.05) is 13.1 Å². The number of aliphatic carboxylic acids is 1. The van der Waals surface area contributed by atoms with Crippen LogP contribution in [0.15, 0.2) is 24.3 Å². The maximum Gasteiger partial charge on any atom is 0.326 e. The van der Waals surface area contributed by atoms with Gasteiger partial charge in [0, 0.05) is 25.1 Å². The van der Waals surface area contributed by atoms with Crippen LogP contribution in [0, 0.1) is 0 Å². The topological polar surface area (TPSA) is 86.7 Å². The third-order valence-corrected chi connectivity index (χ3v) is 4.50. The Kier molecular flexibility index (Phi) is 5.82. The van der Waals surface area contributed by atoms with Crippen molar-refractivity contribution in [1.82, 2.24) is 10.2 Å². The van der Waals surface area contributed by atoms with Crippen molar-refractivity contribution in [3.8, 4) is 0 Å². The first-order valence-corrected chi connectivity index (χ1v) is 8.61. The van der Waals surface area contributed by atoms with E-state index >= 15 is 0 Å². The number of nitrogens with zero attached hydrogens (tertiary/aromatic N) is 1. The van der Waals surface area contributed by atoms with Crippen LogP contribution in [-0.2, 0) is 15.0 Å². The lowest BCUT2D eigenvalue weighted by atomic mass is 9.87. The molecule has 2 rings (SSSR count). The van der Waals surface area contributed by atoms with Gasteiger partial charge in [-0.3, -0.25) is 9.59 Å². The summed E-state index contributed by atoms with van der Waals surface area (Å²) in [5.41, 5.74) is 1.72. The number of likely N-dealkylation sites (tertiary alicyclic amines) is 1. The molecule has 2 amide bonds. The van der Waals surface area contributed by atoms with Gasteiger partial charge in [0.25, 0.3) is 5.91 Å². The Hall–Kier alpha value is -2.37. The predicted octanol–water partition coefficient (Wildman–Crippen LogP) is 2.18. The number of carbonyl (C=O) groups is 3. The molecule has 0 bridgehead atoms. The van der Waals surface area contributed by atoms with Crippen LogP contribution in [0.3, 0.4) is 0 Å². The van der Waals surface area contributed by atoms with Crippen LogP contribution >= 0.6 is 0 Å². The van der Waals surface area contributed by atoms with Crippen LogP contribution in [0.1, 0.15) is 56.0 Å². The third-order valence-electron chi connectivity index (χ3n) is 4.50. The second-order valence-corrected chi connectivity index (χ2v) is 7.42. The second-order valence-electron chi connectivity index (χ2n) is 7.42. The number of rotatable bonds is 5. The molecular formula is C19H26N2O4. The molecule has 1 aromatic rings. The molecule has 1 unspecified atom stereocenters. The van der Waals surface area contributed by atoms with E-state index in [9.17, 15) is 14.4 Å². The summed E-state index contributed by atoms with van der Waals surface area (Å²) in [6.45, 7) is 6.99. The van der Waals surface area contributed by atoms with Crippen molar-refractivity contribution in [2.24, 2.45) is 0 Å². The van der Waals surface area contributed by atoms with Gasteiger partial charge in [0.15, 0.2) is 0 Å². The summed E-state index contributed by atoms with van der Waals surface area (Å²) in [6.07, 6.45) is 1.30. The fourth-order valence-corrected chi connectivity index (χ4v) is 2.97. The largest absolute Gasteiger partial charge is 0.480 e. The molecule has 1 aromatic carbocycles. The van der Waals surface area contributed by atoms with Gasteiger partial charge in [-0.25, -0.2) is 4.79 Å². The van der Waals surface area contributed by atoms with Crippen molar-refractivity contribution in [2.45, 2.75) is 51.5 Å². The number of carbonyl (C=O) groups excluding carboxylic acids is 2. The molecule has 1 aliphatic heterocycles. The first kappa shape index (κ1) is 19.0. The zero-order valence-electron chi connectivity index (χ0n) is 15.0. The normalized spacial score (nSPS) is 17.4. The maximum absolute atomic E-state index is 12.2. The second kappa shape index (κ2) is 7.68. The van der Waals surface area contributed by atoms with Crippen LogP contribution < -0.4 is 5.32 Å². The molecule has 0 aromatic heterocycles. The highest BCUT2D eigenvalue weighted by Crippen LogP contribution is 2.22. The van der Waals surface area contributed by atoms with Gasteiger partial charge in [-0.05, 0) is 36.0 Å². The zero-order valence-corrected chi connectivity index (χ0v) is 15.0. The fraction of sp³-hybridized carbons (Fsp3) is 0.526. The Morgan fingerprint density at radius 2 is 1.84 bits per heavy atom. The van der Waals surface area contributed by atoms with E-state index in [0.29, 0.717) is 24.9 Å². The molecule has 1 saturated heterocycles. The molecule has 1 heterocycles. The summed E-state index contributed by atoms with van der Waals surface area (Å²) < 4.78 is 0. The Morgan fingerprint density at radius 3 is 2.40 bits per heavy atom. The van der Waals surface area contributed by atoms with Gasteiger partial charge in [-0.2, -0.15) is 0 Å². The van der Waals surface area contributed by atoms with Crippen LogP contribution in [-0.4, -0.2) is 46.9 Å². The van der Waals surface area contributed by atoms with Gasteiger partial charge >= 0.3 is 5.97 Å². The van der Waals surface area contributed by atoms with Gasteiger partial charge in [-0.15, -0.1) is 0 Å². The zero-order chi connectivity index (χ0) is 18.6. The lowest BCUT2D eigenvalue weighted by Gasteiger charge is -2.21. The molecule has 6 heteroatoms. The maximum atomic E-state index is 12.2. The van der Waals surface area contributed by atoms with E-state index < -0.39 is 12.0 Å². The smallest absolute Gasteiger partial charge is 0.326 e. The van der Waals surface area contributed by atoms with Crippen molar-refractivity contribution < 1.29 is 19.5 Å². The summed E-state index contributed by atoms with van der Waals surface area (Å²) in [7, 11) is 0. The van der Waals surface area contributed by atoms with Crippen LogP contribution in [0.5, 0.6) is 0 Å². The van der Waals surface area contributed by atoms with Gasteiger partial charge < -0.3 is 15.3 Å². The minimum Gasteiger partial charge on any atom is -0.480 e. The van der Waals surface area contributed by atoms with Crippen molar-refractivity contribution in [3.05, 3.63) is 35.4 Å². The summed E-state index contributed by atoms with van der Waals surface area (Å²) in [6, 6.07) is 6.69. The van der Waals surface area contributed by atoms with Crippen LogP contribution in [0.25, 0.3) is 0 Å². The Morgan fingerprint density at radius 1 is 1.20 bits per heavy atom. The average Bonchev–Trinajstić information content (AvgIpc) is 3.04. The van der Waals surface area contributed by atoms with Crippen LogP contribution in [0.4, 0.5) is 0 Å². The lowest BCUT2D eigenvalue weighted by molar-refractivity contribution is -0.148. The molecule has 1 aliphatic rings. The molecule has 0 spiro atoms. The summed E-state index contributed by atoms with van der Waals surface area (Å²) in [5, 5.41) is 11.8. The number of benzene rings is 1. The molecular weight excluding hydrogens is 320 g/mol. The van der Waals surface area contributed by atoms with E-state index in [2.05, 4.69) is 26.1 Å². The number of nitrogens with one attached hydrogen (secondary N) is 1. The van der Waals surface area contributed by atoms with E-state index in [-0.39, 0.29) is 30.2 Å². The number of carboxylic acids is 1. The van der Waals surface area contributed by atoms with Gasteiger partial charge in [0.1, 0.15) is 6.04 Å².